The monoisotopic (exact) mass is 352 g/mol. The number of nitrogens with one attached hydrogen (secondary N) is 1. The van der Waals surface area contributed by atoms with Crippen molar-refractivity contribution in [3.8, 4) is 0 Å². The maximum absolute atomic E-state index is 12.4. The zero-order chi connectivity index (χ0) is 18.7. The van der Waals surface area contributed by atoms with Crippen LogP contribution in [0.15, 0.2) is 36.7 Å². The van der Waals surface area contributed by atoms with Gasteiger partial charge in [0.25, 0.3) is 5.91 Å². The maximum Gasteiger partial charge on any atom is 0.275 e. The van der Waals surface area contributed by atoms with Crippen molar-refractivity contribution in [1.82, 2.24) is 9.97 Å². The lowest BCUT2D eigenvalue weighted by atomic mass is 9.87. The molecule has 1 aliphatic heterocycles. The van der Waals surface area contributed by atoms with Crippen LogP contribution in [0.5, 0.6) is 0 Å². The molecule has 0 bridgehead atoms. The summed E-state index contributed by atoms with van der Waals surface area (Å²) in [6.07, 6.45) is 5.61. The van der Waals surface area contributed by atoms with Crippen molar-refractivity contribution in [3.05, 3.63) is 47.9 Å². The molecular formula is C21H28N4O. The zero-order valence-corrected chi connectivity index (χ0v) is 16.1. The van der Waals surface area contributed by atoms with E-state index < -0.39 is 0 Å². The molecule has 0 saturated carbocycles. The molecule has 5 heteroatoms. The molecule has 1 N–H and O–H groups in total. The Labute approximate surface area is 155 Å². The first-order valence-electron chi connectivity index (χ1n) is 9.32. The summed E-state index contributed by atoms with van der Waals surface area (Å²) in [4.78, 5) is 23.4. The first kappa shape index (κ1) is 18.4. The summed E-state index contributed by atoms with van der Waals surface area (Å²) in [6.45, 7) is 10.8. The first-order chi connectivity index (χ1) is 12.3. The van der Waals surface area contributed by atoms with E-state index in [9.17, 15) is 4.79 Å². The molecule has 1 amide bonds. The van der Waals surface area contributed by atoms with Crippen LogP contribution in [0.3, 0.4) is 0 Å². The van der Waals surface area contributed by atoms with Crippen LogP contribution in [0.1, 0.15) is 56.6 Å². The molecule has 0 spiro atoms. The van der Waals surface area contributed by atoms with Crippen molar-refractivity contribution in [2.24, 2.45) is 5.92 Å². The highest BCUT2D eigenvalue weighted by molar-refractivity contribution is 6.02. The van der Waals surface area contributed by atoms with E-state index in [0.717, 1.165) is 30.5 Å². The smallest absolute Gasteiger partial charge is 0.275 e. The number of rotatable bonds is 3. The van der Waals surface area contributed by atoms with Crippen LogP contribution < -0.4 is 10.2 Å². The van der Waals surface area contributed by atoms with Crippen molar-refractivity contribution < 1.29 is 4.79 Å². The minimum absolute atomic E-state index is 0.0933. The van der Waals surface area contributed by atoms with Gasteiger partial charge in [-0.05, 0) is 41.9 Å². The van der Waals surface area contributed by atoms with Gasteiger partial charge in [-0.1, -0.05) is 39.8 Å². The minimum atomic E-state index is -0.236. The van der Waals surface area contributed by atoms with Crippen molar-refractivity contribution in [3.63, 3.8) is 0 Å². The number of aromatic nitrogens is 2. The predicted octanol–water partition coefficient (Wildman–Crippen LogP) is 4.26. The highest BCUT2D eigenvalue weighted by Crippen LogP contribution is 2.24. The summed E-state index contributed by atoms with van der Waals surface area (Å²) in [7, 11) is 0. The van der Waals surface area contributed by atoms with Crippen LogP contribution in [-0.4, -0.2) is 29.0 Å². The largest absolute Gasteiger partial charge is 0.355 e. The second-order valence-electron chi connectivity index (χ2n) is 8.21. The molecule has 1 aromatic heterocycles. The fraction of sp³-hybridized carbons (Fsp3) is 0.476. The third kappa shape index (κ3) is 4.40. The van der Waals surface area contributed by atoms with E-state index in [0.29, 0.717) is 5.69 Å². The van der Waals surface area contributed by atoms with E-state index in [1.54, 1.807) is 12.4 Å². The lowest BCUT2D eigenvalue weighted by Gasteiger charge is -2.30. The number of carbonyl (C=O) groups is 1. The quantitative estimate of drug-likeness (QED) is 0.896. The molecule has 0 radical (unpaired) electrons. The molecule has 3 rings (SSSR count). The fourth-order valence-corrected chi connectivity index (χ4v) is 3.09. The van der Waals surface area contributed by atoms with Gasteiger partial charge in [0.1, 0.15) is 11.5 Å². The molecule has 5 nitrogen and oxygen atoms in total. The third-order valence-electron chi connectivity index (χ3n) is 4.99. The van der Waals surface area contributed by atoms with E-state index in [2.05, 4.69) is 47.9 Å². The van der Waals surface area contributed by atoms with E-state index in [1.165, 1.54) is 18.4 Å². The third-order valence-corrected chi connectivity index (χ3v) is 4.99. The van der Waals surface area contributed by atoms with Crippen molar-refractivity contribution in [2.45, 2.75) is 46.0 Å². The fourth-order valence-electron chi connectivity index (χ4n) is 3.09. The van der Waals surface area contributed by atoms with E-state index in [1.807, 2.05) is 24.3 Å². The van der Waals surface area contributed by atoms with Gasteiger partial charge in [-0.25, -0.2) is 9.97 Å². The second-order valence-corrected chi connectivity index (χ2v) is 8.21. The zero-order valence-electron chi connectivity index (χ0n) is 16.1. The molecular weight excluding hydrogens is 324 g/mol. The van der Waals surface area contributed by atoms with Gasteiger partial charge in [-0.15, -0.1) is 0 Å². The molecule has 1 aliphatic rings. The number of piperidine rings is 1. The van der Waals surface area contributed by atoms with Crippen LogP contribution in [-0.2, 0) is 5.41 Å². The number of hydrogen-bond acceptors (Lipinski definition) is 4. The molecule has 1 fully saturated rings. The molecule has 0 unspecified atom stereocenters. The lowest BCUT2D eigenvalue weighted by Crippen LogP contribution is -2.33. The van der Waals surface area contributed by atoms with Crippen LogP contribution >= 0.6 is 0 Å². The number of amides is 1. The van der Waals surface area contributed by atoms with Crippen LogP contribution in [0, 0.1) is 5.92 Å². The number of carbonyl (C=O) groups excluding carboxylic acids is 1. The normalized spacial score (nSPS) is 15.8. The van der Waals surface area contributed by atoms with Crippen LogP contribution in [0.4, 0.5) is 11.5 Å². The first-order valence-corrected chi connectivity index (χ1v) is 9.32. The molecule has 138 valence electrons. The maximum atomic E-state index is 12.4. The number of benzene rings is 1. The van der Waals surface area contributed by atoms with Gasteiger partial charge in [0, 0.05) is 18.8 Å². The van der Waals surface area contributed by atoms with Gasteiger partial charge < -0.3 is 10.2 Å². The Morgan fingerprint density at radius 3 is 2.27 bits per heavy atom. The standard InChI is InChI=1S/C21H28N4O/c1-15-9-11-25(12-10-15)19-14-22-18(13-23-19)20(26)24-17-7-5-16(6-8-17)21(2,3)4/h5-8,13-15H,9-12H2,1-4H3,(H,24,26). The summed E-state index contributed by atoms with van der Waals surface area (Å²) in [6, 6.07) is 7.94. The summed E-state index contributed by atoms with van der Waals surface area (Å²) in [5.41, 5.74) is 2.42. The molecule has 1 aromatic carbocycles. The second kappa shape index (κ2) is 7.44. The molecule has 0 atom stereocenters. The van der Waals surface area contributed by atoms with E-state index >= 15 is 0 Å². The molecule has 0 aliphatic carbocycles. The number of hydrogen-bond donors (Lipinski definition) is 1. The summed E-state index contributed by atoms with van der Waals surface area (Å²) < 4.78 is 0. The Balaban J connectivity index is 1.63. The Hall–Kier alpha value is -2.43. The minimum Gasteiger partial charge on any atom is -0.355 e. The van der Waals surface area contributed by atoms with Gasteiger partial charge in [0.15, 0.2) is 0 Å². The molecule has 1 saturated heterocycles. The van der Waals surface area contributed by atoms with E-state index in [-0.39, 0.29) is 11.3 Å². The average molecular weight is 352 g/mol. The Kier molecular flexibility index (Phi) is 5.25. The Bertz CT molecular complexity index is 739. The highest BCUT2D eigenvalue weighted by atomic mass is 16.1. The van der Waals surface area contributed by atoms with Gasteiger partial charge in [-0.2, -0.15) is 0 Å². The van der Waals surface area contributed by atoms with Gasteiger partial charge in [0.2, 0.25) is 0 Å². The summed E-state index contributed by atoms with van der Waals surface area (Å²) in [5.74, 6) is 1.39. The molecule has 2 heterocycles. The molecule has 2 aromatic rings. The van der Waals surface area contributed by atoms with Crippen LogP contribution in [0.2, 0.25) is 0 Å². The summed E-state index contributed by atoms with van der Waals surface area (Å²) >= 11 is 0. The number of nitrogens with zero attached hydrogens (tertiary/aromatic N) is 3. The van der Waals surface area contributed by atoms with Gasteiger partial charge in [0.05, 0.1) is 12.4 Å². The van der Waals surface area contributed by atoms with Crippen molar-refractivity contribution in [1.29, 1.82) is 0 Å². The van der Waals surface area contributed by atoms with Crippen molar-refractivity contribution >= 4 is 17.4 Å². The average Bonchev–Trinajstić information content (AvgIpc) is 2.62. The SMILES string of the molecule is CC1CCN(c2cnc(C(=O)Nc3ccc(C(C)(C)C)cc3)cn2)CC1. The van der Waals surface area contributed by atoms with Gasteiger partial charge >= 0.3 is 0 Å². The summed E-state index contributed by atoms with van der Waals surface area (Å²) in [5, 5.41) is 2.89. The van der Waals surface area contributed by atoms with Crippen molar-refractivity contribution in [2.75, 3.05) is 23.3 Å². The van der Waals surface area contributed by atoms with E-state index in [4.69, 9.17) is 0 Å². The Morgan fingerprint density at radius 1 is 1.08 bits per heavy atom. The topological polar surface area (TPSA) is 58.1 Å². The molecule has 26 heavy (non-hydrogen) atoms. The lowest BCUT2D eigenvalue weighted by molar-refractivity contribution is 0.102. The number of anilines is 2. The highest BCUT2D eigenvalue weighted by Gasteiger charge is 2.18. The predicted molar refractivity (Wildman–Crippen MR) is 106 cm³/mol. The van der Waals surface area contributed by atoms with Gasteiger partial charge in [-0.3, -0.25) is 4.79 Å². The van der Waals surface area contributed by atoms with Crippen LogP contribution in [0.25, 0.3) is 0 Å². The Morgan fingerprint density at radius 2 is 1.73 bits per heavy atom.